The molecular weight excluding hydrogens is 204 g/mol. The monoisotopic (exact) mass is 222 g/mol. The molecule has 0 saturated carbocycles. The van der Waals surface area contributed by atoms with Gasteiger partial charge in [0, 0.05) is 11.7 Å². The van der Waals surface area contributed by atoms with Crippen molar-refractivity contribution in [2.24, 2.45) is 0 Å². The Labute approximate surface area is 95.8 Å². The van der Waals surface area contributed by atoms with Gasteiger partial charge in [0.25, 0.3) is 5.91 Å². The van der Waals surface area contributed by atoms with E-state index in [1.165, 1.54) is 0 Å². The minimum Gasteiger partial charge on any atom is -0.493 e. The molecule has 0 bridgehead atoms. The molecule has 1 amide bonds. The van der Waals surface area contributed by atoms with Crippen molar-refractivity contribution in [2.45, 2.75) is 26.8 Å². The first-order chi connectivity index (χ1) is 7.56. The molecule has 0 radical (unpaired) electrons. The van der Waals surface area contributed by atoms with Gasteiger partial charge >= 0.3 is 0 Å². The predicted octanol–water partition coefficient (Wildman–Crippen LogP) is 1.81. The molecule has 0 fully saturated rings. The van der Waals surface area contributed by atoms with Crippen LogP contribution in [0.4, 0.5) is 5.69 Å². The Balaban J connectivity index is 3.04. The number of benzene rings is 1. The molecule has 1 aromatic carbocycles. The van der Waals surface area contributed by atoms with Gasteiger partial charge in [0.1, 0.15) is 11.3 Å². The van der Waals surface area contributed by atoms with Crippen molar-refractivity contribution < 1.29 is 9.53 Å². The Bertz CT molecular complexity index is 375. The zero-order valence-electron chi connectivity index (χ0n) is 9.91. The van der Waals surface area contributed by atoms with E-state index in [1.54, 1.807) is 18.2 Å². The van der Waals surface area contributed by atoms with Crippen LogP contribution >= 0.6 is 0 Å². The Kier molecular flexibility index (Phi) is 4.17. The summed E-state index contributed by atoms with van der Waals surface area (Å²) in [6.45, 7) is 6.17. The van der Waals surface area contributed by atoms with Gasteiger partial charge in [-0.2, -0.15) is 0 Å². The summed E-state index contributed by atoms with van der Waals surface area (Å²) in [5.74, 6) is 0.331. The molecule has 0 atom stereocenters. The van der Waals surface area contributed by atoms with Crippen LogP contribution in [-0.2, 0) is 0 Å². The highest BCUT2D eigenvalue weighted by Crippen LogP contribution is 2.24. The van der Waals surface area contributed by atoms with Crippen LogP contribution in [0.5, 0.6) is 5.75 Å². The SMILES string of the molecule is CCOc1cccc(N)c1C(=O)NC(C)C. The van der Waals surface area contributed by atoms with E-state index in [1.807, 2.05) is 20.8 Å². The quantitative estimate of drug-likeness (QED) is 0.763. The van der Waals surface area contributed by atoms with E-state index in [-0.39, 0.29) is 11.9 Å². The van der Waals surface area contributed by atoms with Crippen LogP contribution in [0.1, 0.15) is 31.1 Å². The van der Waals surface area contributed by atoms with Crippen molar-refractivity contribution in [3.63, 3.8) is 0 Å². The van der Waals surface area contributed by atoms with E-state index in [0.29, 0.717) is 23.6 Å². The summed E-state index contributed by atoms with van der Waals surface area (Å²) >= 11 is 0. The van der Waals surface area contributed by atoms with Crippen molar-refractivity contribution in [1.29, 1.82) is 0 Å². The molecule has 0 aliphatic heterocycles. The number of hydrogen-bond acceptors (Lipinski definition) is 3. The fraction of sp³-hybridized carbons (Fsp3) is 0.417. The van der Waals surface area contributed by atoms with Crippen LogP contribution < -0.4 is 15.8 Å². The number of nitrogens with two attached hydrogens (primary N) is 1. The van der Waals surface area contributed by atoms with Crippen LogP contribution in [0.15, 0.2) is 18.2 Å². The average molecular weight is 222 g/mol. The molecule has 88 valence electrons. The number of rotatable bonds is 4. The summed E-state index contributed by atoms with van der Waals surface area (Å²) < 4.78 is 5.38. The number of hydrogen-bond donors (Lipinski definition) is 2. The maximum atomic E-state index is 11.9. The van der Waals surface area contributed by atoms with Gasteiger partial charge in [-0.05, 0) is 32.9 Å². The molecule has 4 heteroatoms. The minimum atomic E-state index is -0.198. The van der Waals surface area contributed by atoms with Gasteiger partial charge in [0.2, 0.25) is 0 Å². The average Bonchev–Trinajstić information content (AvgIpc) is 2.16. The number of anilines is 1. The summed E-state index contributed by atoms with van der Waals surface area (Å²) in [6, 6.07) is 5.28. The Morgan fingerprint density at radius 1 is 1.50 bits per heavy atom. The highest BCUT2D eigenvalue weighted by molar-refractivity contribution is 6.02. The van der Waals surface area contributed by atoms with E-state index < -0.39 is 0 Å². The second-order valence-electron chi connectivity index (χ2n) is 3.78. The van der Waals surface area contributed by atoms with Crippen molar-refractivity contribution in [3.8, 4) is 5.75 Å². The topological polar surface area (TPSA) is 64.3 Å². The van der Waals surface area contributed by atoms with E-state index in [2.05, 4.69) is 5.32 Å². The first-order valence-corrected chi connectivity index (χ1v) is 5.38. The van der Waals surface area contributed by atoms with E-state index in [4.69, 9.17) is 10.5 Å². The molecular formula is C12H18N2O2. The molecule has 0 aliphatic carbocycles. The molecule has 1 aromatic rings. The lowest BCUT2D eigenvalue weighted by Crippen LogP contribution is -2.31. The number of carbonyl (C=O) groups is 1. The summed E-state index contributed by atoms with van der Waals surface area (Å²) in [4.78, 5) is 11.9. The smallest absolute Gasteiger partial charge is 0.257 e. The van der Waals surface area contributed by atoms with Gasteiger partial charge in [-0.25, -0.2) is 0 Å². The number of amides is 1. The minimum absolute atomic E-state index is 0.0709. The fourth-order valence-electron chi connectivity index (χ4n) is 1.40. The number of carbonyl (C=O) groups excluding carboxylic acids is 1. The van der Waals surface area contributed by atoms with E-state index >= 15 is 0 Å². The van der Waals surface area contributed by atoms with Crippen molar-refractivity contribution in [1.82, 2.24) is 5.32 Å². The van der Waals surface area contributed by atoms with E-state index in [9.17, 15) is 4.79 Å². The van der Waals surface area contributed by atoms with Crippen LogP contribution in [0.25, 0.3) is 0 Å². The fourth-order valence-corrected chi connectivity index (χ4v) is 1.40. The van der Waals surface area contributed by atoms with E-state index in [0.717, 1.165) is 0 Å². The standard InChI is InChI=1S/C12H18N2O2/c1-4-16-10-7-5-6-9(13)11(10)12(15)14-8(2)3/h5-8H,4,13H2,1-3H3,(H,14,15). The summed E-state index contributed by atoms with van der Waals surface area (Å²) in [5, 5.41) is 2.80. The molecule has 0 aliphatic rings. The number of ether oxygens (including phenoxy) is 1. The molecule has 4 nitrogen and oxygen atoms in total. The van der Waals surface area contributed by atoms with Gasteiger partial charge in [0.15, 0.2) is 0 Å². The summed E-state index contributed by atoms with van der Waals surface area (Å²) in [7, 11) is 0. The maximum absolute atomic E-state index is 11.9. The van der Waals surface area contributed by atoms with Gasteiger partial charge < -0.3 is 15.8 Å². The van der Waals surface area contributed by atoms with Gasteiger partial charge in [-0.15, -0.1) is 0 Å². The van der Waals surface area contributed by atoms with Crippen molar-refractivity contribution in [2.75, 3.05) is 12.3 Å². The normalized spacial score (nSPS) is 10.2. The lowest BCUT2D eigenvalue weighted by molar-refractivity contribution is 0.0940. The number of nitrogens with one attached hydrogen (secondary N) is 1. The third-order valence-electron chi connectivity index (χ3n) is 2.01. The molecule has 0 aromatic heterocycles. The third-order valence-corrected chi connectivity index (χ3v) is 2.01. The van der Waals surface area contributed by atoms with Crippen molar-refractivity contribution >= 4 is 11.6 Å². The highest BCUT2D eigenvalue weighted by Gasteiger charge is 2.16. The molecule has 3 N–H and O–H groups in total. The van der Waals surface area contributed by atoms with Gasteiger partial charge in [-0.1, -0.05) is 6.07 Å². The Hall–Kier alpha value is -1.71. The molecule has 0 heterocycles. The Morgan fingerprint density at radius 2 is 2.19 bits per heavy atom. The third kappa shape index (κ3) is 2.89. The van der Waals surface area contributed by atoms with Crippen LogP contribution in [0.3, 0.4) is 0 Å². The van der Waals surface area contributed by atoms with Gasteiger partial charge in [0.05, 0.1) is 6.61 Å². The first kappa shape index (κ1) is 12.4. The summed E-state index contributed by atoms with van der Waals surface area (Å²) in [6.07, 6.45) is 0. The highest BCUT2D eigenvalue weighted by atomic mass is 16.5. The largest absolute Gasteiger partial charge is 0.493 e. The molecule has 16 heavy (non-hydrogen) atoms. The maximum Gasteiger partial charge on any atom is 0.257 e. The zero-order chi connectivity index (χ0) is 12.1. The molecule has 1 rings (SSSR count). The zero-order valence-corrected chi connectivity index (χ0v) is 9.91. The van der Waals surface area contributed by atoms with Crippen LogP contribution in [0.2, 0.25) is 0 Å². The molecule has 0 spiro atoms. The molecule has 0 unspecified atom stereocenters. The molecule has 0 saturated heterocycles. The number of nitrogen functional groups attached to an aromatic ring is 1. The van der Waals surface area contributed by atoms with Crippen LogP contribution in [0, 0.1) is 0 Å². The van der Waals surface area contributed by atoms with Crippen LogP contribution in [-0.4, -0.2) is 18.6 Å². The second kappa shape index (κ2) is 5.39. The van der Waals surface area contributed by atoms with Gasteiger partial charge in [-0.3, -0.25) is 4.79 Å². The first-order valence-electron chi connectivity index (χ1n) is 5.38. The lowest BCUT2D eigenvalue weighted by atomic mass is 10.1. The lowest BCUT2D eigenvalue weighted by Gasteiger charge is -2.14. The summed E-state index contributed by atoms with van der Waals surface area (Å²) in [5.41, 5.74) is 6.64. The predicted molar refractivity (Wildman–Crippen MR) is 64.6 cm³/mol. The Morgan fingerprint density at radius 3 is 2.75 bits per heavy atom. The second-order valence-corrected chi connectivity index (χ2v) is 3.78. The van der Waals surface area contributed by atoms with Crippen molar-refractivity contribution in [3.05, 3.63) is 23.8 Å².